The van der Waals surface area contributed by atoms with Crippen molar-refractivity contribution in [3.05, 3.63) is 77.1 Å². The SMILES string of the molecule is C/C=C/CCc1ccc(C(F)(F)OC2CCC(C(F)(F)OC3CCC(C(F)(F)Oc4cc(F)c(F)c(F)c4)CC3)CC2)cc1. The second kappa shape index (κ2) is 14.1. The second-order valence-corrected chi connectivity index (χ2v) is 11.4. The highest BCUT2D eigenvalue weighted by Crippen LogP contribution is 2.45. The van der Waals surface area contributed by atoms with Gasteiger partial charge in [-0.1, -0.05) is 36.4 Å². The number of aryl methyl sites for hydroxylation is 1. The summed E-state index contributed by atoms with van der Waals surface area (Å²) in [7, 11) is 0. The van der Waals surface area contributed by atoms with Gasteiger partial charge >= 0.3 is 18.3 Å². The lowest BCUT2D eigenvalue weighted by Crippen LogP contribution is -2.43. The first-order valence-electron chi connectivity index (χ1n) is 14.7. The lowest BCUT2D eigenvalue weighted by atomic mass is 9.85. The predicted octanol–water partition coefficient (Wildman–Crippen LogP) is 10.1. The van der Waals surface area contributed by atoms with Crippen molar-refractivity contribution in [3.63, 3.8) is 0 Å². The first-order valence-corrected chi connectivity index (χ1v) is 14.7. The Bertz CT molecular complexity index is 1230. The third-order valence-electron chi connectivity index (χ3n) is 8.27. The molecule has 0 aliphatic heterocycles. The Morgan fingerprint density at radius 3 is 1.73 bits per heavy atom. The molecule has 2 aromatic carbocycles. The number of halogens is 9. The molecular weight excluding hydrogens is 603 g/mol. The summed E-state index contributed by atoms with van der Waals surface area (Å²) in [5, 5.41) is 0. The molecule has 0 unspecified atom stereocenters. The molecule has 244 valence electrons. The highest BCUT2D eigenvalue weighted by Gasteiger charge is 2.49. The molecular formula is C32H35F9O3. The zero-order chi connectivity index (χ0) is 32.1. The summed E-state index contributed by atoms with van der Waals surface area (Å²) in [6.07, 6.45) is -8.77. The summed E-state index contributed by atoms with van der Waals surface area (Å²) in [4.78, 5) is 0. The van der Waals surface area contributed by atoms with Crippen molar-refractivity contribution in [2.45, 2.75) is 102 Å². The van der Waals surface area contributed by atoms with Gasteiger partial charge < -0.3 is 14.2 Å². The van der Waals surface area contributed by atoms with E-state index in [2.05, 4.69) is 4.74 Å². The smallest absolute Gasteiger partial charge is 0.400 e. The molecule has 0 saturated heterocycles. The number of benzene rings is 2. The Morgan fingerprint density at radius 2 is 1.20 bits per heavy atom. The Hall–Kier alpha value is -2.73. The van der Waals surface area contributed by atoms with Gasteiger partial charge in [-0.2, -0.15) is 26.3 Å². The highest BCUT2D eigenvalue weighted by atomic mass is 19.3. The van der Waals surface area contributed by atoms with Gasteiger partial charge in [0.1, 0.15) is 5.75 Å². The van der Waals surface area contributed by atoms with Gasteiger partial charge in [0.25, 0.3) is 0 Å². The second-order valence-electron chi connectivity index (χ2n) is 11.4. The molecule has 0 aromatic heterocycles. The molecule has 0 radical (unpaired) electrons. The summed E-state index contributed by atoms with van der Waals surface area (Å²) >= 11 is 0. The van der Waals surface area contributed by atoms with Gasteiger partial charge in [-0.25, -0.2) is 13.2 Å². The van der Waals surface area contributed by atoms with Crippen molar-refractivity contribution < 1.29 is 53.7 Å². The maximum absolute atomic E-state index is 15.0. The van der Waals surface area contributed by atoms with E-state index in [-0.39, 0.29) is 56.9 Å². The van der Waals surface area contributed by atoms with Crippen LogP contribution in [0, 0.1) is 29.3 Å². The first kappa shape index (κ1) is 34.1. The average Bonchev–Trinajstić information content (AvgIpc) is 2.96. The normalized spacial score (nSPS) is 23.7. The van der Waals surface area contributed by atoms with Gasteiger partial charge in [0.15, 0.2) is 17.5 Å². The summed E-state index contributed by atoms with van der Waals surface area (Å²) in [5.41, 5.74) is 0.589. The van der Waals surface area contributed by atoms with Crippen LogP contribution in [0.3, 0.4) is 0 Å². The lowest BCUT2D eigenvalue weighted by molar-refractivity contribution is -0.314. The van der Waals surface area contributed by atoms with Gasteiger partial charge in [0.2, 0.25) is 0 Å². The molecule has 0 bridgehead atoms. The molecule has 12 heteroatoms. The van der Waals surface area contributed by atoms with E-state index in [1.54, 1.807) is 12.1 Å². The minimum Gasteiger partial charge on any atom is -0.432 e. The van der Waals surface area contributed by atoms with Crippen LogP contribution in [-0.4, -0.2) is 24.4 Å². The van der Waals surface area contributed by atoms with E-state index in [9.17, 15) is 30.7 Å². The summed E-state index contributed by atoms with van der Waals surface area (Å²) in [6, 6.07) is 6.43. The summed E-state index contributed by atoms with van der Waals surface area (Å²) in [5.74, 6) is -8.80. The molecule has 2 fully saturated rings. The number of alkyl halides is 6. The van der Waals surface area contributed by atoms with Crippen molar-refractivity contribution in [1.29, 1.82) is 0 Å². The third kappa shape index (κ3) is 8.71. The van der Waals surface area contributed by atoms with Crippen molar-refractivity contribution in [1.82, 2.24) is 0 Å². The van der Waals surface area contributed by atoms with Crippen molar-refractivity contribution >= 4 is 0 Å². The number of ether oxygens (including phenoxy) is 3. The van der Waals surface area contributed by atoms with Gasteiger partial charge in [-0.05, 0) is 76.7 Å². The van der Waals surface area contributed by atoms with E-state index < -0.39 is 65.6 Å². The Labute approximate surface area is 250 Å². The Kier molecular flexibility index (Phi) is 11.0. The van der Waals surface area contributed by atoms with E-state index in [0.29, 0.717) is 18.6 Å². The number of allylic oxidation sites excluding steroid dienone is 2. The largest absolute Gasteiger partial charge is 0.432 e. The molecule has 0 amide bonds. The minimum absolute atomic E-state index is 0.0263. The van der Waals surface area contributed by atoms with Crippen LogP contribution >= 0.6 is 0 Å². The van der Waals surface area contributed by atoms with Crippen LogP contribution in [0.4, 0.5) is 39.5 Å². The molecule has 2 saturated carbocycles. The van der Waals surface area contributed by atoms with E-state index in [1.807, 2.05) is 19.1 Å². The number of rotatable bonds is 12. The number of hydrogen-bond donors (Lipinski definition) is 0. The fourth-order valence-electron chi connectivity index (χ4n) is 5.74. The average molecular weight is 639 g/mol. The topological polar surface area (TPSA) is 27.7 Å². The van der Waals surface area contributed by atoms with Gasteiger partial charge in [-0.3, -0.25) is 0 Å². The summed E-state index contributed by atoms with van der Waals surface area (Å²) < 4.78 is 143. The monoisotopic (exact) mass is 638 g/mol. The predicted molar refractivity (Wildman–Crippen MR) is 144 cm³/mol. The van der Waals surface area contributed by atoms with Crippen molar-refractivity contribution in [2.24, 2.45) is 11.8 Å². The molecule has 44 heavy (non-hydrogen) atoms. The maximum Gasteiger partial charge on any atom is 0.400 e. The van der Waals surface area contributed by atoms with E-state index in [1.165, 1.54) is 12.1 Å². The van der Waals surface area contributed by atoms with Crippen LogP contribution < -0.4 is 4.74 Å². The molecule has 2 aromatic rings. The highest BCUT2D eigenvalue weighted by molar-refractivity contribution is 5.26. The van der Waals surface area contributed by atoms with E-state index in [4.69, 9.17) is 9.47 Å². The molecule has 4 rings (SSSR count). The molecule has 3 nitrogen and oxygen atoms in total. The maximum atomic E-state index is 15.0. The van der Waals surface area contributed by atoms with Crippen LogP contribution in [0.15, 0.2) is 48.6 Å². The zero-order valence-electron chi connectivity index (χ0n) is 24.1. The van der Waals surface area contributed by atoms with E-state index >= 15 is 8.78 Å². The molecule has 0 N–H and O–H groups in total. The third-order valence-corrected chi connectivity index (χ3v) is 8.27. The first-order chi connectivity index (χ1) is 20.7. The van der Waals surface area contributed by atoms with Crippen LogP contribution in [-0.2, 0) is 22.0 Å². The van der Waals surface area contributed by atoms with Gasteiger partial charge in [0, 0.05) is 12.1 Å². The molecule has 2 aliphatic rings. The lowest BCUT2D eigenvalue weighted by Gasteiger charge is -2.38. The Balaban J connectivity index is 1.23. The molecule has 0 heterocycles. The minimum atomic E-state index is -3.89. The van der Waals surface area contributed by atoms with Crippen LogP contribution in [0.25, 0.3) is 0 Å². The molecule has 2 aliphatic carbocycles. The van der Waals surface area contributed by atoms with Crippen LogP contribution in [0.1, 0.15) is 75.8 Å². The Morgan fingerprint density at radius 1 is 0.705 bits per heavy atom. The number of hydrogen-bond acceptors (Lipinski definition) is 3. The van der Waals surface area contributed by atoms with Crippen molar-refractivity contribution in [3.8, 4) is 5.75 Å². The van der Waals surface area contributed by atoms with Crippen LogP contribution in [0.5, 0.6) is 5.75 Å². The zero-order valence-corrected chi connectivity index (χ0v) is 24.1. The van der Waals surface area contributed by atoms with Gasteiger partial charge in [0.05, 0.1) is 29.6 Å². The fraction of sp³-hybridized carbons (Fsp3) is 0.562. The van der Waals surface area contributed by atoms with Crippen molar-refractivity contribution in [2.75, 3.05) is 0 Å². The molecule has 0 atom stereocenters. The fourth-order valence-corrected chi connectivity index (χ4v) is 5.74. The van der Waals surface area contributed by atoms with Gasteiger partial charge in [-0.15, -0.1) is 0 Å². The quantitative estimate of drug-likeness (QED) is 0.132. The summed E-state index contributed by atoms with van der Waals surface area (Å²) in [6.45, 7) is 1.90. The van der Waals surface area contributed by atoms with Crippen LogP contribution in [0.2, 0.25) is 0 Å². The molecule has 0 spiro atoms. The standard InChI is InChI=1S/C32H35F9O3/c1-2-3-4-5-20-6-8-21(9-7-20)30(36,37)42-24-14-10-22(11-15-24)31(38,39)43-25-16-12-23(13-17-25)32(40,41)44-26-18-27(33)29(35)28(34)19-26/h2-3,6-9,18-19,22-25H,4-5,10-17H2,1H3/b3-2+. The van der Waals surface area contributed by atoms with E-state index in [0.717, 1.165) is 12.0 Å².